The smallest absolute Gasteiger partial charge is 0.268 e. The highest BCUT2D eigenvalue weighted by Crippen LogP contribution is 2.19. The first-order chi connectivity index (χ1) is 15.3. The lowest BCUT2D eigenvalue weighted by molar-refractivity contribution is 0.0902. The maximum Gasteiger partial charge on any atom is 0.268 e. The molecule has 8 heteroatoms. The van der Waals surface area contributed by atoms with Crippen molar-refractivity contribution < 1.29 is 13.2 Å². The summed E-state index contributed by atoms with van der Waals surface area (Å²) in [6.45, 7) is 7.43. The molecule has 1 fully saturated rings. The summed E-state index contributed by atoms with van der Waals surface area (Å²) >= 11 is 0. The molecule has 1 aliphatic heterocycles. The second-order valence-electron chi connectivity index (χ2n) is 8.44. The number of carbonyl (C=O) groups excluding carboxylic acids is 1. The van der Waals surface area contributed by atoms with Crippen LogP contribution in [0.5, 0.6) is 0 Å². The Balaban J connectivity index is 1.49. The monoisotopic (exact) mass is 460 g/mol. The number of nitrogens with one attached hydrogen (secondary N) is 1. The van der Waals surface area contributed by atoms with Gasteiger partial charge in [-0.15, -0.1) is 0 Å². The van der Waals surface area contributed by atoms with Gasteiger partial charge in [-0.25, -0.2) is 8.42 Å². The van der Waals surface area contributed by atoms with E-state index in [1.807, 2.05) is 19.9 Å². The van der Waals surface area contributed by atoms with E-state index in [-0.39, 0.29) is 16.8 Å². The third-order valence-electron chi connectivity index (χ3n) is 6.26. The Morgan fingerprint density at radius 1 is 1.12 bits per heavy atom. The normalized spacial score (nSPS) is 15.9. The number of hydrogen-bond donors (Lipinski definition) is 1. The van der Waals surface area contributed by atoms with Crippen molar-refractivity contribution in [3.05, 3.63) is 53.9 Å². The largest absolute Gasteiger partial charge is 0.348 e. The fourth-order valence-electron chi connectivity index (χ4n) is 4.33. The van der Waals surface area contributed by atoms with E-state index in [0.717, 1.165) is 45.3 Å². The summed E-state index contributed by atoms with van der Waals surface area (Å²) in [5.74, 6) is -0.212. The fraction of sp³-hybridized carbons (Fsp3) is 0.542. The van der Waals surface area contributed by atoms with E-state index < -0.39 is 10.0 Å². The van der Waals surface area contributed by atoms with Crippen LogP contribution in [0.3, 0.4) is 0 Å². The molecule has 1 aromatic carbocycles. The Bertz CT molecular complexity index is 976. The molecule has 176 valence electrons. The van der Waals surface area contributed by atoms with E-state index in [9.17, 15) is 13.2 Å². The maximum atomic E-state index is 12.8. The van der Waals surface area contributed by atoms with Gasteiger partial charge in [-0.3, -0.25) is 4.79 Å². The fourth-order valence-corrected chi connectivity index (χ4v) is 5.86. The highest BCUT2D eigenvalue weighted by atomic mass is 32.2. The summed E-state index contributed by atoms with van der Waals surface area (Å²) in [6.07, 6.45) is 5.56. The molecule has 32 heavy (non-hydrogen) atoms. The molecular weight excluding hydrogens is 424 g/mol. The van der Waals surface area contributed by atoms with Crippen molar-refractivity contribution in [1.29, 1.82) is 0 Å². The molecule has 0 atom stereocenters. The molecule has 3 rings (SSSR count). The Morgan fingerprint density at radius 2 is 1.78 bits per heavy atom. The van der Waals surface area contributed by atoms with Crippen molar-refractivity contribution in [2.24, 2.45) is 7.05 Å². The maximum absolute atomic E-state index is 12.8. The van der Waals surface area contributed by atoms with E-state index in [4.69, 9.17) is 0 Å². The number of aryl methyl sites for hydroxylation is 2. The van der Waals surface area contributed by atoms with Crippen molar-refractivity contribution in [3.8, 4) is 0 Å². The number of carbonyl (C=O) groups is 1. The van der Waals surface area contributed by atoms with Crippen LogP contribution >= 0.6 is 0 Å². The molecule has 2 heterocycles. The average Bonchev–Trinajstić information content (AvgIpc) is 3.19. The average molecular weight is 461 g/mol. The summed E-state index contributed by atoms with van der Waals surface area (Å²) in [6, 6.07) is 12.2. The SMILES string of the molecule is CCN(CC)S(=O)(=O)c1cc(C(=O)NC2CCN(CCCc3ccccc3)CC2)n(C)c1. The number of hydrogen-bond acceptors (Lipinski definition) is 4. The van der Waals surface area contributed by atoms with Gasteiger partial charge >= 0.3 is 0 Å². The quantitative estimate of drug-likeness (QED) is 0.592. The summed E-state index contributed by atoms with van der Waals surface area (Å²) in [5, 5.41) is 3.11. The molecular formula is C24H36N4O3S. The first kappa shape index (κ1) is 24.5. The molecule has 0 unspecified atom stereocenters. The molecule has 7 nitrogen and oxygen atoms in total. The third kappa shape index (κ3) is 5.99. The van der Waals surface area contributed by atoms with E-state index in [1.165, 1.54) is 22.1 Å². The molecule has 0 aliphatic carbocycles. The lowest BCUT2D eigenvalue weighted by atomic mass is 10.0. The Labute approximate surface area is 192 Å². The molecule has 1 N–H and O–H groups in total. The minimum absolute atomic E-state index is 0.116. The number of aromatic nitrogens is 1. The second kappa shape index (κ2) is 11.1. The van der Waals surface area contributed by atoms with Gasteiger partial charge in [0.25, 0.3) is 5.91 Å². The number of rotatable bonds is 10. The zero-order valence-corrected chi connectivity index (χ0v) is 20.3. The molecule has 2 aromatic rings. The molecule has 0 spiro atoms. The first-order valence-electron chi connectivity index (χ1n) is 11.6. The summed E-state index contributed by atoms with van der Waals surface area (Å²) in [5.41, 5.74) is 1.75. The van der Waals surface area contributed by atoms with Gasteiger partial charge in [-0.05, 0) is 43.9 Å². The molecule has 0 radical (unpaired) electrons. The van der Waals surface area contributed by atoms with E-state index in [2.05, 4.69) is 34.5 Å². The zero-order valence-electron chi connectivity index (χ0n) is 19.5. The van der Waals surface area contributed by atoms with Gasteiger partial charge in [0.2, 0.25) is 10.0 Å². The van der Waals surface area contributed by atoms with Crippen LogP contribution in [0, 0.1) is 0 Å². The minimum Gasteiger partial charge on any atom is -0.348 e. The molecule has 1 aromatic heterocycles. The Hall–Kier alpha value is -2.16. The van der Waals surface area contributed by atoms with Gasteiger partial charge in [-0.1, -0.05) is 44.2 Å². The van der Waals surface area contributed by atoms with Crippen LogP contribution in [-0.2, 0) is 23.5 Å². The van der Waals surface area contributed by atoms with Crippen LogP contribution < -0.4 is 5.32 Å². The van der Waals surface area contributed by atoms with E-state index >= 15 is 0 Å². The van der Waals surface area contributed by atoms with Crippen LogP contribution in [-0.4, -0.2) is 66.9 Å². The molecule has 0 saturated carbocycles. The summed E-state index contributed by atoms with van der Waals surface area (Å²) < 4.78 is 28.5. The molecule has 1 aliphatic rings. The van der Waals surface area contributed by atoms with Crippen molar-refractivity contribution in [2.75, 3.05) is 32.7 Å². The van der Waals surface area contributed by atoms with Crippen LogP contribution in [0.1, 0.15) is 49.2 Å². The number of benzene rings is 1. The number of likely N-dealkylation sites (tertiary alicyclic amines) is 1. The van der Waals surface area contributed by atoms with E-state index in [0.29, 0.717) is 18.8 Å². The highest BCUT2D eigenvalue weighted by molar-refractivity contribution is 7.89. The van der Waals surface area contributed by atoms with Crippen LogP contribution in [0.4, 0.5) is 0 Å². The van der Waals surface area contributed by atoms with Gasteiger partial charge < -0.3 is 14.8 Å². The van der Waals surface area contributed by atoms with Crippen LogP contribution in [0.25, 0.3) is 0 Å². The predicted octanol–water partition coefficient (Wildman–Crippen LogP) is 2.88. The van der Waals surface area contributed by atoms with Crippen LogP contribution in [0.15, 0.2) is 47.5 Å². The number of piperidine rings is 1. The topological polar surface area (TPSA) is 74.7 Å². The van der Waals surface area contributed by atoms with Crippen molar-refractivity contribution in [2.45, 2.75) is 50.5 Å². The molecule has 0 bridgehead atoms. The predicted molar refractivity (Wildman–Crippen MR) is 127 cm³/mol. The van der Waals surface area contributed by atoms with Gasteiger partial charge in [0.05, 0.1) is 0 Å². The van der Waals surface area contributed by atoms with Gasteiger partial charge in [0, 0.05) is 45.5 Å². The van der Waals surface area contributed by atoms with E-state index in [1.54, 1.807) is 11.6 Å². The Morgan fingerprint density at radius 3 is 2.41 bits per heavy atom. The van der Waals surface area contributed by atoms with Gasteiger partial charge in [-0.2, -0.15) is 4.31 Å². The number of sulfonamides is 1. The van der Waals surface area contributed by atoms with Crippen molar-refractivity contribution >= 4 is 15.9 Å². The zero-order chi connectivity index (χ0) is 23.1. The lowest BCUT2D eigenvalue weighted by Crippen LogP contribution is -2.45. The summed E-state index contributed by atoms with van der Waals surface area (Å²) in [7, 11) is -1.87. The standard InChI is InChI=1S/C24H36N4O3S/c1-4-28(5-2)32(30,31)22-18-23(26(3)19-22)24(29)25-21-13-16-27(17-14-21)15-9-12-20-10-7-6-8-11-20/h6-8,10-11,18-19,21H,4-5,9,12-17H2,1-3H3,(H,25,29). The first-order valence-corrected chi connectivity index (χ1v) is 13.0. The molecule has 1 amide bonds. The number of amides is 1. The number of nitrogens with zero attached hydrogens (tertiary/aromatic N) is 3. The highest BCUT2D eigenvalue weighted by Gasteiger charge is 2.27. The minimum atomic E-state index is -3.58. The van der Waals surface area contributed by atoms with Crippen LogP contribution in [0.2, 0.25) is 0 Å². The van der Waals surface area contributed by atoms with Gasteiger partial charge in [0.1, 0.15) is 10.6 Å². The van der Waals surface area contributed by atoms with Crippen molar-refractivity contribution in [3.63, 3.8) is 0 Å². The Kier molecular flexibility index (Phi) is 8.51. The lowest BCUT2D eigenvalue weighted by Gasteiger charge is -2.32. The van der Waals surface area contributed by atoms with Gasteiger partial charge in [0.15, 0.2) is 0 Å². The second-order valence-corrected chi connectivity index (χ2v) is 10.4. The summed E-state index contributed by atoms with van der Waals surface area (Å²) in [4.78, 5) is 15.5. The molecule has 1 saturated heterocycles. The third-order valence-corrected chi connectivity index (χ3v) is 8.28. The van der Waals surface area contributed by atoms with Crippen molar-refractivity contribution in [1.82, 2.24) is 19.1 Å².